The van der Waals surface area contributed by atoms with Gasteiger partial charge in [0.25, 0.3) is 5.91 Å². The Balaban J connectivity index is 0.824. The zero-order valence-corrected chi connectivity index (χ0v) is 36.7. The first-order valence-electron chi connectivity index (χ1n) is 22.5. The van der Waals surface area contributed by atoms with E-state index in [-0.39, 0.29) is 42.1 Å². The van der Waals surface area contributed by atoms with Crippen LogP contribution in [0.1, 0.15) is 72.1 Å². The lowest BCUT2D eigenvalue weighted by molar-refractivity contribution is -0.187. The Bertz CT molecular complexity index is 2610. The summed E-state index contributed by atoms with van der Waals surface area (Å²) >= 11 is 0. The third kappa shape index (κ3) is 8.11. The molecule has 4 saturated heterocycles. The molecule has 3 atom stereocenters. The first-order chi connectivity index (χ1) is 31.3. The Kier molecular flexibility index (Phi) is 11.1. The van der Waals surface area contributed by atoms with Crippen LogP contribution in [0.25, 0.3) is 11.3 Å². The van der Waals surface area contributed by atoms with Gasteiger partial charge in [0, 0.05) is 81.8 Å². The van der Waals surface area contributed by atoms with Crippen LogP contribution in [0.15, 0.2) is 53.7 Å². The Morgan fingerprint density at radius 1 is 0.969 bits per heavy atom. The van der Waals surface area contributed by atoms with Gasteiger partial charge in [-0.15, -0.1) is 0 Å². The SMILES string of the molecule is Cc1cc2cc(n1)-c1cnn(C)c1OCCC[C@@H](C)CN1/C(=N/C2=O)Nc2ccc(CN3CCN(C(=O)[C@@H]4CCN(c5cc(F)c([C@H]6CCC(=O)NC6=O)c(F)c5)C4)C4(COC4)C3)cc21. The molecule has 2 aromatic carbocycles. The van der Waals surface area contributed by atoms with Gasteiger partial charge in [0.2, 0.25) is 29.6 Å². The predicted octanol–water partition coefficient (Wildman–Crippen LogP) is 4.77. The molecule has 6 aliphatic rings. The van der Waals surface area contributed by atoms with Crippen LogP contribution in [0, 0.1) is 30.4 Å². The number of rotatable bonds is 5. The van der Waals surface area contributed by atoms with Crippen molar-refractivity contribution in [1.82, 2.24) is 29.9 Å². The van der Waals surface area contributed by atoms with E-state index >= 15 is 8.78 Å². The minimum atomic E-state index is -1.08. The van der Waals surface area contributed by atoms with Gasteiger partial charge in [0.15, 0.2) is 0 Å². The number of carbonyl (C=O) groups is 4. The lowest BCUT2D eigenvalue weighted by Gasteiger charge is -2.55. The third-order valence-electron chi connectivity index (χ3n) is 13.7. The van der Waals surface area contributed by atoms with Crippen molar-refractivity contribution in [3.8, 4) is 17.1 Å². The summed E-state index contributed by atoms with van der Waals surface area (Å²) in [5.74, 6) is -3.34. The number of hydrogen-bond acceptors (Lipinski definition) is 12. The Morgan fingerprint density at radius 3 is 2.55 bits per heavy atom. The average Bonchev–Trinajstić information content (AvgIpc) is 3.99. The molecule has 8 heterocycles. The third-order valence-corrected chi connectivity index (χ3v) is 13.7. The van der Waals surface area contributed by atoms with Gasteiger partial charge in [-0.25, -0.2) is 13.5 Å². The number of imide groups is 1. The van der Waals surface area contributed by atoms with Crippen LogP contribution in [0.4, 0.5) is 25.8 Å². The summed E-state index contributed by atoms with van der Waals surface area (Å²) in [7, 11) is 1.83. The van der Waals surface area contributed by atoms with E-state index in [9.17, 15) is 19.2 Å². The van der Waals surface area contributed by atoms with Crippen molar-refractivity contribution >= 4 is 46.7 Å². The molecule has 16 nitrogen and oxygen atoms in total. The molecule has 65 heavy (non-hydrogen) atoms. The van der Waals surface area contributed by atoms with Crippen LogP contribution in [0.5, 0.6) is 5.88 Å². The maximum absolute atomic E-state index is 15.4. The zero-order valence-electron chi connectivity index (χ0n) is 36.7. The van der Waals surface area contributed by atoms with Crippen LogP contribution in [-0.4, -0.2) is 119 Å². The number of benzene rings is 2. The fourth-order valence-corrected chi connectivity index (χ4v) is 10.3. The van der Waals surface area contributed by atoms with Gasteiger partial charge in [0.05, 0.1) is 60.5 Å². The highest BCUT2D eigenvalue weighted by atomic mass is 19.1. The van der Waals surface area contributed by atoms with Crippen molar-refractivity contribution in [2.75, 3.05) is 74.2 Å². The van der Waals surface area contributed by atoms with Crippen LogP contribution >= 0.6 is 0 Å². The van der Waals surface area contributed by atoms with E-state index in [2.05, 4.69) is 49.6 Å². The fourth-order valence-electron chi connectivity index (χ4n) is 10.3. The first-order valence-corrected chi connectivity index (χ1v) is 22.5. The molecule has 1 spiro atoms. The van der Waals surface area contributed by atoms with Crippen molar-refractivity contribution in [3.05, 3.63) is 82.7 Å². The molecule has 18 heteroatoms. The smallest absolute Gasteiger partial charge is 0.280 e. The highest BCUT2D eigenvalue weighted by Crippen LogP contribution is 2.39. The quantitative estimate of drug-likeness (QED) is 0.264. The molecule has 2 aromatic heterocycles. The molecule has 4 aromatic rings. The zero-order chi connectivity index (χ0) is 45.1. The van der Waals surface area contributed by atoms with E-state index in [4.69, 9.17) is 14.5 Å². The number of guanidine groups is 1. The van der Waals surface area contributed by atoms with Crippen LogP contribution < -0.4 is 25.2 Å². The molecule has 0 unspecified atom stereocenters. The Labute approximate surface area is 374 Å². The van der Waals surface area contributed by atoms with E-state index < -0.39 is 34.9 Å². The molecule has 0 saturated carbocycles. The van der Waals surface area contributed by atoms with Crippen molar-refractivity contribution in [3.63, 3.8) is 0 Å². The molecule has 340 valence electrons. The van der Waals surface area contributed by atoms with Crippen molar-refractivity contribution < 1.29 is 37.4 Å². The Morgan fingerprint density at radius 2 is 1.78 bits per heavy atom. The maximum atomic E-state index is 15.4. The van der Waals surface area contributed by atoms with E-state index in [0.29, 0.717) is 107 Å². The number of aryl methyl sites for hydroxylation is 2. The van der Waals surface area contributed by atoms with E-state index in [0.717, 1.165) is 35.3 Å². The molecule has 6 aliphatic heterocycles. The molecule has 4 amide bonds. The van der Waals surface area contributed by atoms with E-state index in [1.54, 1.807) is 23.0 Å². The van der Waals surface area contributed by atoms with Gasteiger partial charge < -0.3 is 29.5 Å². The van der Waals surface area contributed by atoms with Gasteiger partial charge in [-0.3, -0.25) is 34.4 Å². The number of ether oxygens (including phenoxy) is 2. The molecule has 2 N–H and O–H groups in total. The number of piperazine rings is 1. The highest BCUT2D eigenvalue weighted by molar-refractivity contribution is 6.19. The van der Waals surface area contributed by atoms with Crippen LogP contribution in [0.2, 0.25) is 0 Å². The van der Waals surface area contributed by atoms with Gasteiger partial charge >= 0.3 is 0 Å². The second-order valence-corrected chi connectivity index (χ2v) is 18.5. The number of aromatic nitrogens is 3. The fraction of sp³-hybridized carbons (Fsp3) is 0.468. The van der Waals surface area contributed by atoms with Crippen LogP contribution in [-0.2, 0) is 32.7 Å². The minimum absolute atomic E-state index is 0.0131. The molecule has 2 bridgehead atoms. The number of nitrogens with one attached hydrogen (secondary N) is 2. The minimum Gasteiger partial charge on any atom is -0.477 e. The summed E-state index contributed by atoms with van der Waals surface area (Å²) < 4.78 is 44.6. The van der Waals surface area contributed by atoms with Gasteiger partial charge in [0.1, 0.15) is 17.2 Å². The number of nitrogens with zero attached hydrogens (tertiary/aromatic N) is 8. The summed E-state index contributed by atoms with van der Waals surface area (Å²) in [5, 5.41) is 10.0. The predicted molar refractivity (Wildman–Crippen MR) is 237 cm³/mol. The summed E-state index contributed by atoms with van der Waals surface area (Å²) in [6.45, 7) is 9.20. The molecule has 4 fully saturated rings. The lowest BCUT2D eigenvalue weighted by Crippen LogP contribution is -2.73. The normalized spacial score (nSPS) is 24.1. The molecule has 10 rings (SSSR count). The molecule has 0 radical (unpaired) electrons. The molecule has 0 aliphatic carbocycles. The lowest BCUT2D eigenvalue weighted by atomic mass is 9.89. The number of anilines is 3. The van der Waals surface area contributed by atoms with Crippen molar-refractivity contribution in [2.45, 2.75) is 64.0 Å². The van der Waals surface area contributed by atoms with Crippen molar-refractivity contribution in [2.24, 2.45) is 23.9 Å². The maximum Gasteiger partial charge on any atom is 0.280 e. The topological polar surface area (TPSA) is 167 Å². The number of fused-ring (bicyclic) bond motifs is 7. The number of pyridine rings is 1. The summed E-state index contributed by atoms with van der Waals surface area (Å²) in [4.78, 5) is 69.8. The summed E-state index contributed by atoms with van der Waals surface area (Å²) in [6.07, 6.45) is 4.00. The second kappa shape index (κ2) is 16.9. The number of amides is 4. The summed E-state index contributed by atoms with van der Waals surface area (Å²) in [6, 6.07) is 12.2. The number of aliphatic imine (C=N–C) groups is 1. The van der Waals surface area contributed by atoms with Gasteiger partial charge in [-0.1, -0.05) is 13.0 Å². The molecular formula is C47H52F2N10O6. The van der Waals surface area contributed by atoms with Gasteiger partial charge in [-0.2, -0.15) is 10.1 Å². The van der Waals surface area contributed by atoms with E-state index in [1.165, 1.54) is 12.1 Å². The number of piperidine rings is 1. The molecular weight excluding hydrogens is 839 g/mol. The Hall–Kier alpha value is -6.27. The largest absolute Gasteiger partial charge is 0.477 e. The monoisotopic (exact) mass is 890 g/mol. The number of hydrogen-bond donors (Lipinski definition) is 2. The standard InChI is InChI=1S/C47H52F2N10O6/c1-27-5-4-14-65-45-34(20-50-55(45)3)38-17-31(15-28(2)51-38)42(61)54-46-52-37-8-6-29(16-39(37)58(46)21-27)22-56-12-13-59(47(24-56)25-64-26-47)44(63)30-10-11-57(23-30)32-18-35(48)41(36(49)19-32)33-7-9-40(60)53-43(33)62/h6,8,15-20,27,30,33H,4-5,7,9-14,21-26H2,1-3H3,(H,52,54,61)(H,53,60,62)/t27-,30-,33-/m1/s1. The number of halogens is 2. The number of carbonyl (C=O) groups excluding carboxylic acids is 4. The second-order valence-electron chi connectivity index (χ2n) is 18.5. The van der Waals surface area contributed by atoms with Gasteiger partial charge in [-0.05, 0) is 80.5 Å². The van der Waals surface area contributed by atoms with Crippen LogP contribution in [0.3, 0.4) is 0 Å². The van der Waals surface area contributed by atoms with Crippen molar-refractivity contribution in [1.29, 1.82) is 0 Å². The van der Waals surface area contributed by atoms with E-state index in [1.807, 2.05) is 29.8 Å². The average molecular weight is 891 g/mol. The summed E-state index contributed by atoms with van der Waals surface area (Å²) in [5.41, 5.74) is 4.79. The first kappa shape index (κ1) is 42.7. The highest BCUT2D eigenvalue weighted by Gasteiger charge is 2.51.